The van der Waals surface area contributed by atoms with Crippen LogP contribution in [0, 0.1) is 0 Å². The van der Waals surface area contributed by atoms with Crippen LogP contribution in [0.3, 0.4) is 0 Å². The fraction of sp³-hybridized carbons (Fsp3) is 0.294. The van der Waals surface area contributed by atoms with Crippen molar-refractivity contribution in [2.75, 3.05) is 11.4 Å². The number of aromatic amines is 1. The van der Waals surface area contributed by atoms with Crippen LogP contribution in [0.4, 0.5) is 32.0 Å². The number of nitrogens with zero attached hydrogens (tertiary/aromatic N) is 1. The van der Waals surface area contributed by atoms with Crippen LogP contribution in [-0.4, -0.2) is 37.9 Å². The number of amides is 1. The second-order valence-electron chi connectivity index (χ2n) is 11.7. The van der Waals surface area contributed by atoms with E-state index in [2.05, 4.69) is 10.3 Å². The smallest absolute Gasteiger partial charge is 0.366 e. The number of anilines is 1. The summed E-state index contributed by atoms with van der Waals surface area (Å²) in [4.78, 5) is 28.8. The molecule has 0 aliphatic carbocycles. The number of nitrogens with one attached hydrogen (secondary N) is 2. The largest absolute Gasteiger partial charge is 0.417 e. The van der Waals surface area contributed by atoms with Crippen LogP contribution in [0.5, 0.6) is 0 Å². The number of carbonyl (C=O) groups is 1. The predicted octanol–water partition coefficient (Wildman–Crippen LogP) is 7.12. The lowest BCUT2D eigenvalue weighted by Gasteiger charge is -2.31. The quantitative estimate of drug-likeness (QED) is 0.144. The van der Waals surface area contributed by atoms with E-state index in [0.717, 1.165) is 37.1 Å². The molecule has 48 heavy (non-hydrogen) atoms. The molecule has 4 aromatic rings. The van der Waals surface area contributed by atoms with E-state index in [1.54, 1.807) is 6.07 Å². The number of sulfone groups is 1. The van der Waals surface area contributed by atoms with Crippen molar-refractivity contribution in [2.24, 2.45) is 0 Å². The van der Waals surface area contributed by atoms with Crippen molar-refractivity contribution in [3.8, 4) is 0 Å². The highest BCUT2D eigenvalue weighted by Crippen LogP contribution is 2.38. The molecule has 0 radical (unpaired) electrons. The molecule has 2 N–H and O–H groups in total. The summed E-state index contributed by atoms with van der Waals surface area (Å²) in [7, 11) is -3.83. The van der Waals surface area contributed by atoms with Gasteiger partial charge in [0.2, 0.25) is 11.5 Å². The van der Waals surface area contributed by atoms with Gasteiger partial charge in [-0.05, 0) is 85.9 Å². The van der Waals surface area contributed by atoms with Crippen molar-refractivity contribution in [1.82, 2.24) is 10.3 Å². The minimum Gasteiger partial charge on any atom is -0.366 e. The monoisotopic (exact) mass is 691 g/mol. The van der Waals surface area contributed by atoms with Gasteiger partial charge in [-0.3, -0.25) is 9.59 Å². The summed E-state index contributed by atoms with van der Waals surface area (Å²) >= 11 is 0. The molecular weight excluding hydrogens is 660 g/mol. The van der Waals surface area contributed by atoms with Crippen LogP contribution >= 0.6 is 0 Å². The van der Waals surface area contributed by atoms with Gasteiger partial charge < -0.3 is 15.2 Å². The fourth-order valence-electron chi connectivity index (χ4n) is 5.93. The zero-order valence-corrected chi connectivity index (χ0v) is 26.3. The Morgan fingerprint density at radius 3 is 2.27 bits per heavy atom. The number of fused-ring (bicyclic) bond motifs is 1. The van der Waals surface area contributed by atoms with Gasteiger partial charge in [0, 0.05) is 47.4 Å². The summed E-state index contributed by atoms with van der Waals surface area (Å²) in [6, 6.07) is 14.8. The zero-order valence-electron chi connectivity index (χ0n) is 25.5. The minimum absolute atomic E-state index is 0.0197. The Hall–Kier alpha value is -4.59. The topological polar surface area (TPSA) is 99.3 Å². The highest BCUT2D eigenvalue weighted by molar-refractivity contribution is 7.90. The summed E-state index contributed by atoms with van der Waals surface area (Å²) in [6.07, 6.45) is -4.30. The number of carbonyl (C=O) groups excluding carboxylic acids is 1. The van der Waals surface area contributed by atoms with E-state index in [1.165, 1.54) is 48.6 Å². The number of halogens is 6. The first-order chi connectivity index (χ1) is 22.5. The number of benzene rings is 3. The Morgan fingerprint density at radius 2 is 1.62 bits per heavy atom. The molecular formula is C34H31F6N3O4S. The van der Waals surface area contributed by atoms with Gasteiger partial charge in [0.05, 0.1) is 21.8 Å². The minimum atomic E-state index is -4.70. The molecule has 5 rings (SSSR count). The first-order valence-electron chi connectivity index (χ1n) is 15.0. The van der Waals surface area contributed by atoms with E-state index in [9.17, 15) is 44.3 Å². The number of hydrogen-bond donors (Lipinski definition) is 2. The molecule has 1 aromatic heterocycles. The molecule has 1 saturated heterocycles. The van der Waals surface area contributed by atoms with Gasteiger partial charge in [0.15, 0.2) is 9.84 Å². The molecule has 254 valence electrons. The van der Waals surface area contributed by atoms with E-state index >= 15 is 0 Å². The molecule has 0 saturated carbocycles. The molecule has 1 amide bonds. The van der Waals surface area contributed by atoms with Crippen molar-refractivity contribution in [3.63, 3.8) is 0 Å². The Morgan fingerprint density at radius 1 is 0.938 bits per heavy atom. The molecule has 3 aromatic carbocycles. The standard InChI is InChI=1S/C34H31F6N3O4S/c1-21-2-10-25(43(21)26-11-14-30-28(18-26)29(34(38,39)40)19-32(45)42-30)16-17-41-31(44)15-7-22-5-12-27(13-6-22)48(46,47)20-23-3-8-24(9-4-23)33(35,36)37/h3-9,11-15,18-19,21,25H,2,10,16-17,20H2,1H3,(H,41,44)(H,42,45)/b15-7+/t21-,25-/m1/s1. The highest BCUT2D eigenvalue weighted by atomic mass is 32.2. The van der Waals surface area contributed by atoms with E-state index in [1.807, 2.05) is 11.8 Å². The number of rotatable bonds is 9. The highest BCUT2D eigenvalue weighted by Gasteiger charge is 2.35. The van der Waals surface area contributed by atoms with Crippen LogP contribution in [-0.2, 0) is 32.7 Å². The molecule has 1 aliphatic rings. The zero-order chi connectivity index (χ0) is 34.9. The molecule has 7 nitrogen and oxygen atoms in total. The van der Waals surface area contributed by atoms with Crippen LogP contribution in [0.1, 0.15) is 48.4 Å². The molecule has 0 bridgehead atoms. The van der Waals surface area contributed by atoms with Gasteiger partial charge in [0.25, 0.3) is 0 Å². The average Bonchev–Trinajstić information content (AvgIpc) is 3.38. The van der Waals surface area contributed by atoms with Gasteiger partial charge >= 0.3 is 12.4 Å². The number of aromatic nitrogens is 1. The fourth-order valence-corrected chi connectivity index (χ4v) is 7.28. The Kier molecular flexibility index (Phi) is 9.77. The number of H-pyrrole nitrogens is 1. The normalized spacial score (nSPS) is 17.4. The van der Waals surface area contributed by atoms with Crippen LogP contribution in [0.15, 0.2) is 88.6 Å². The lowest BCUT2D eigenvalue weighted by molar-refractivity contribution is -0.138. The van der Waals surface area contributed by atoms with E-state index in [-0.39, 0.29) is 33.4 Å². The summed E-state index contributed by atoms with van der Waals surface area (Å²) in [5, 5.41) is 2.70. The van der Waals surface area contributed by atoms with E-state index in [4.69, 9.17) is 0 Å². The Labute approximate surface area is 272 Å². The average molecular weight is 692 g/mol. The molecule has 2 atom stereocenters. The van der Waals surface area contributed by atoms with E-state index < -0.39 is 50.5 Å². The first kappa shape index (κ1) is 34.7. The van der Waals surface area contributed by atoms with Crippen molar-refractivity contribution < 1.29 is 39.6 Å². The van der Waals surface area contributed by atoms with Crippen LogP contribution in [0.2, 0.25) is 0 Å². The summed E-state index contributed by atoms with van der Waals surface area (Å²) < 4.78 is 105. The van der Waals surface area contributed by atoms with Gasteiger partial charge in [0.1, 0.15) is 0 Å². The number of hydrogen-bond acceptors (Lipinski definition) is 5. The van der Waals surface area contributed by atoms with Crippen LogP contribution in [0.25, 0.3) is 17.0 Å². The van der Waals surface area contributed by atoms with Gasteiger partial charge in [-0.1, -0.05) is 24.3 Å². The summed E-state index contributed by atoms with van der Waals surface area (Å²) in [5.41, 5.74) is -1.26. The van der Waals surface area contributed by atoms with Gasteiger partial charge in [-0.2, -0.15) is 26.3 Å². The third kappa shape index (κ3) is 8.09. The predicted molar refractivity (Wildman–Crippen MR) is 170 cm³/mol. The molecule has 0 unspecified atom stereocenters. The maximum absolute atomic E-state index is 13.7. The maximum Gasteiger partial charge on any atom is 0.417 e. The second kappa shape index (κ2) is 13.5. The molecule has 1 aliphatic heterocycles. The number of alkyl halides is 6. The van der Waals surface area contributed by atoms with E-state index in [0.29, 0.717) is 30.3 Å². The van der Waals surface area contributed by atoms with Crippen molar-refractivity contribution in [2.45, 2.75) is 61.3 Å². The summed E-state index contributed by atoms with van der Waals surface area (Å²) in [5.74, 6) is -0.868. The number of pyridine rings is 1. The second-order valence-corrected chi connectivity index (χ2v) is 13.7. The Balaban J connectivity index is 1.17. The molecule has 14 heteroatoms. The van der Waals surface area contributed by atoms with Crippen LogP contribution < -0.4 is 15.8 Å². The first-order valence-corrected chi connectivity index (χ1v) is 16.6. The summed E-state index contributed by atoms with van der Waals surface area (Å²) in [6.45, 7) is 2.28. The maximum atomic E-state index is 13.7. The third-order valence-corrected chi connectivity index (χ3v) is 10.0. The molecule has 0 spiro atoms. The molecule has 1 fully saturated rings. The lowest BCUT2D eigenvalue weighted by atomic mass is 10.1. The van der Waals surface area contributed by atoms with Gasteiger partial charge in [-0.25, -0.2) is 8.42 Å². The van der Waals surface area contributed by atoms with Crippen molar-refractivity contribution in [3.05, 3.63) is 111 Å². The Bertz CT molecular complexity index is 1990. The SMILES string of the molecule is C[C@@H]1CC[C@H](CCNC(=O)/C=C/c2ccc(S(=O)(=O)Cc3ccc(C(F)(F)F)cc3)cc2)N1c1ccc2[nH]c(=O)cc(C(F)(F)F)c2c1. The van der Waals surface area contributed by atoms with Crippen molar-refractivity contribution in [1.29, 1.82) is 0 Å². The van der Waals surface area contributed by atoms with Gasteiger partial charge in [-0.15, -0.1) is 0 Å². The van der Waals surface area contributed by atoms with Crippen molar-refractivity contribution >= 4 is 38.4 Å². The third-order valence-electron chi connectivity index (χ3n) is 8.30. The lowest BCUT2D eigenvalue weighted by Crippen LogP contribution is -2.37. The molecule has 2 heterocycles.